The van der Waals surface area contributed by atoms with E-state index in [1.54, 1.807) is 6.07 Å². The highest BCUT2D eigenvalue weighted by atomic mass is 35.5. The Kier molecular flexibility index (Phi) is 5.92. The minimum atomic E-state index is -0.302. The van der Waals surface area contributed by atoms with Crippen LogP contribution in [0.25, 0.3) is 11.3 Å². The summed E-state index contributed by atoms with van der Waals surface area (Å²) >= 11 is 5.98. The van der Waals surface area contributed by atoms with E-state index in [4.69, 9.17) is 25.6 Å². The number of nitrogens with one attached hydrogen (secondary N) is 1. The molecule has 30 heavy (non-hydrogen) atoms. The van der Waals surface area contributed by atoms with Gasteiger partial charge in [0.15, 0.2) is 23.0 Å². The lowest BCUT2D eigenvalue weighted by atomic mass is 10.1. The van der Waals surface area contributed by atoms with Gasteiger partial charge in [0.1, 0.15) is 13.2 Å². The van der Waals surface area contributed by atoms with Crippen molar-refractivity contribution in [3.8, 4) is 22.8 Å². The Hall–Kier alpha value is -3.03. The Labute approximate surface area is 179 Å². The van der Waals surface area contributed by atoms with Crippen molar-refractivity contribution >= 4 is 17.5 Å². The van der Waals surface area contributed by atoms with E-state index in [0.29, 0.717) is 42.0 Å². The molecule has 1 aromatic heterocycles. The van der Waals surface area contributed by atoms with Gasteiger partial charge < -0.3 is 24.2 Å². The zero-order valence-electron chi connectivity index (χ0n) is 16.7. The fourth-order valence-electron chi connectivity index (χ4n) is 3.28. The lowest BCUT2D eigenvalue weighted by Gasteiger charge is -2.25. The van der Waals surface area contributed by atoms with Crippen LogP contribution in [0, 0.1) is 0 Å². The molecule has 1 amide bonds. The molecule has 8 heteroatoms. The summed E-state index contributed by atoms with van der Waals surface area (Å²) in [5.74, 6) is 1.53. The van der Waals surface area contributed by atoms with Crippen LogP contribution in [0.1, 0.15) is 22.1 Å². The molecule has 1 aliphatic rings. The lowest BCUT2D eigenvalue weighted by Crippen LogP contribution is -2.34. The summed E-state index contributed by atoms with van der Waals surface area (Å²) in [5, 5.41) is 7.52. The van der Waals surface area contributed by atoms with Crippen LogP contribution < -0.4 is 14.8 Å². The number of halogens is 1. The van der Waals surface area contributed by atoms with Gasteiger partial charge in [-0.05, 0) is 50.0 Å². The number of carbonyl (C=O) groups excluding carboxylic acids is 1. The zero-order valence-corrected chi connectivity index (χ0v) is 17.5. The molecule has 0 unspecified atom stereocenters. The van der Waals surface area contributed by atoms with E-state index < -0.39 is 0 Å². The Morgan fingerprint density at radius 1 is 1.10 bits per heavy atom. The maximum absolute atomic E-state index is 12.6. The molecule has 1 N–H and O–H groups in total. The molecule has 0 radical (unpaired) electrons. The third kappa shape index (κ3) is 4.42. The van der Waals surface area contributed by atoms with Crippen LogP contribution in [0.3, 0.4) is 0 Å². The normalized spacial score (nSPS) is 13.9. The number of amides is 1. The molecule has 4 rings (SSSR count). The van der Waals surface area contributed by atoms with Gasteiger partial charge in [-0.15, -0.1) is 0 Å². The standard InChI is InChI=1S/C22H22ClN3O4/c1-26(2)18(14-3-6-16(23)7-4-14)13-24-22(27)17-12-20(30-25-17)15-5-8-19-21(11-15)29-10-9-28-19/h3-8,11-12,18H,9-10,13H2,1-2H3,(H,24,27)/t18-/m1/s1. The first-order valence-corrected chi connectivity index (χ1v) is 9.96. The molecule has 2 heterocycles. The molecule has 0 saturated carbocycles. The average Bonchev–Trinajstić information content (AvgIpc) is 3.25. The van der Waals surface area contributed by atoms with Gasteiger partial charge in [-0.3, -0.25) is 4.79 Å². The highest BCUT2D eigenvalue weighted by Crippen LogP contribution is 2.34. The third-order valence-electron chi connectivity index (χ3n) is 4.90. The van der Waals surface area contributed by atoms with Crippen molar-refractivity contribution in [1.29, 1.82) is 0 Å². The van der Waals surface area contributed by atoms with Crippen molar-refractivity contribution in [2.24, 2.45) is 0 Å². The Balaban J connectivity index is 1.44. The van der Waals surface area contributed by atoms with Gasteiger partial charge >= 0.3 is 0 Å². The second kappa shape index (κ2) is 8.77. The van der Waals surface area contributed by atoms with Crippen molar-refractivity contribution in [3.63, 3.8) is 0 Å². The number of hydrogen-bond donors (Lipinski definition) is 1. The Morgan fingerprint density at radius 3 is 2.57 bits per heavy atom. The van der Waals surface area contributed by atoms with Gasteiger partial charge in [0.05, 0.1) is 6.04 Å². The topological polar surface area (TPSA) is 76.8 Å². The highest BCUT2D eigenvalue weighted by molar-refractivity contribution is 6.30. The molecule has 3 aromatic rings. The predicted molar refractivity (Wildman–Crippen MR) is 113 cm³/mol. The predicted octanol–water partition coefficient (Wildman–Crippen LogP) is 3.80. The van der Waals surface area contributed by atoms with E-state index in [2.05, 4.69) is 10.5 Å². The van der Waals surface area contributed by atoms with Crippen LogP contribution in [0.2, 0.25) is 5.02 Å². The maximum Gasteiger partial charge on any atom is 0.273 e. The lowest BCUT2D eigenvalue weighted by molar-refractivity contribution is 0.0933. The summed E-state index contributed by atoms with van der Waals surface area (Å²) in [6.45, 7) is 1.45. The fraction of sp³-hybridized carbons (Fsp3) is 0.273. The zero-order chi connectivity index (χ0) is 21.1. The van der Waals surface area contributed by atoms with Gasteiger partial charge in [0.25, 0.3) is 5.91 Å². The van der Waals surface area contributed by atoms with Crippen LogP contribution in [0.15, 0.2) is 53.1 Å². The average molecular weight is 428 g/mol. The number of aromatic nitrogens is 1. The van der Waals surface area contributed by atoms with Crippen molar-refractivity contribution in [2.45, 2.75) is 6.04 Å². The van der Waals surface area contributed by atoms with Gasteiger partial charge in [-0.25, -0.2) is 0 Å². The van der Waals surface area contributed by atoms with Crippen molar-refractivity contribution in [2.75, 3.05) is 33.9 Å². The molecular weight excluding hydrogens is 406 g/mol. The molecule has 156 valence electrons. The van der Waals surface area contributed by atoms with E-state index in [-0.39, 0.29) is 17.6 Å². The second-order valence-electron chi connectivity index (χ2n) is 7.18. The first-order chi connectivity index (χ1) is 14.5. The van der Waals surface area contributed by atoms with Gasteiger partial charge in [0.2, 0.25) is 0 Å². The smallest absolute Gasteiger partial charge is 0.273 e. The molecule has 7 nitrogen and oxygen atoms in total. The molecule has 0 fully saturated rings. The molecule has 1 aliphatic heterocycles. The summed E-state index contributed by atoms with van der Waals surface area (Å²) in [6.07, 6.45) is 0. The number of rotatable bonds is 6. The van der Waals surface area contributed by atoms with E-state index in [1.165, 1.54) is 0 Å². The van der Waals surface area contributed by atoms with E-state index in [9.17, 15) is 4.79 Å². The van der Waals surface area contributed by atoms with Crippen molar-refractivity contribution < 1.29 is 18.8 Å². The molecule has 1 atom stereocenters. The molecule has 0 bridgehead atoms. The Morgan fingerprint density at radius 2 is 1.83 bits per heavy atom. The number of nitrogens with zero attached hydrogens (tertiary/aromatic N) is 2. The quantitative estimate of drug-likeness (QED) is 0.644. The van der Waals surface area contributed by atoms with Crippen LogP contribution >= 0.6 is 11.6 Å². The van der Waals surface area contributed by atoms with Crippen LogP contribution in [-0.4, -0.2) is 49.8 Å². The van der Waals surface area contributed by atoms with E-state index >= 15 is 0 Å². The molecular formula is C22H22ClN3O4. The number of carbonyl (C=O) groups is 1. The number of benzene rings is 2. The molecule has 0 saturated heterocycles. The Bertz CT molecular complexity index is 1030. The molecule has 2 aromatic carbocycles. The van der Waals surface area contributed by atoms with Crippen molar-refractivity contribution in [3.05, 3.63) is 64.8 Å². The SMILES string of the molecule is CN(C)[C@H](CNC(=O)c1cc(-c2ccc3c(c2)OCCO3)on1)c1ccc(Cl)cc1. The van der Waals surface area contributed by atoms with Crippen LogP contribution in [-0.2, 0) is 0 Å². The summed E-state index contributed by atoms with van der Waals surface area (Å²) < 4.78 is 16.5. The third-order valence-corrected chi connectivity index (χ3v) is 5.16. The monoisotopic (exact) mass is 427 g/mol. The summed E-state index contributed by atoms with van der Waals surface area (Å²) in [5.41, 5.74) is 2.04. The van der Waals surface area contributed by atoms with Crippen LogP contribution in [0.5, 0.6) is 11.5 Å². The number of likely N-dealkylation sites (N-methyl/N-ethyl adjacent to an activating group) is 1. The summed E-state index contributed by atoms with van der Waals surface area (Å²) in [7, 11) is 3.92. The first-order valence-electron chi connectivity index (χ1n) is 9.58. The largest absolute Gasteiger partial charge is 0.486 e. The number of ether oxygens (including phenoxy) is 2. The van der Waals surface area contributed by atoms with E-state index in [1.807, 2.05) is 61.5 Å². The summed E-state index contributed by atoms with van der Waals surface area (Å²) in [4.78, 5) is 14.7. The van der Waals surface area contributed by atoms with Gasteiger partial charge in [0, 0.05) is 23.2 Å². The second-order valence-corrected chi connectivity index (χ2v) is 7.61. The number of fused-ring (bicyclic) bond motifs is 1. The van der Waals surface area contributed by atoms with E-state index in [0.717, 1.165) is 11.1 Å². The van der Waals surface area contributed by atoms with Gasteiger partial charge in [-0.2, -0.15) is 0 Å². The molecule has 0 aliphatic carbocycles. The highest BCUT2D eigenvalue weighted by Gasteiger charge is 2.19. The van der Waals surface area contributed by atoms with Crippen molar-refractivity contribution in [1.82, 2.24) is 15.4 Å². The summed E-state index contributed by atoms with van der Waals surface area (Å²) in [6, 6.07) is 14.7. The maximum atomic E-state index is 12.6. The first kappa shape index (κ1) is 20.3. The minimum Gasteiger partial charge on any atom is -0.486 e. The number of hydrogen-bond acceptors (Lipinski definition) is 6. The van der Waals surface area contributed by atoms with Crippen LogP contribution in [0.4, 0.5) is 0 Å². The minimum absolute atomic E-state index is 0.00428. The molecule has 0 spiro atoms. The fourth-order valence-corrected chi connectivity index (χ4v) is 3.40. The van der Waals surface area contributed by atoms with Gasteiger partial charge in [-0.1, -0.05) is 28.9 Å².